The second kappa shape index (κ2) is 6.11. The van der Waals surface area contributed by atoms with Crippen molar-refractivity contribution in [1.82, 2.24) is 9.80 Å². The van der Waals surface area contributed by atoms with Crippen LogP contribution >= 0.6 is 0 Å². The van der Waals surface area contributed by atoms with Gasteiger partial charge in [-0.1, -0.05) is 36.4 Å². The highest BCUT2D eigenvalue weighted by Crippen LogP contribution is 2.31. The van der Waals surface area contributed by atoms with Crippen molar-refractivity contribution in [2.45, 2.75) is 24.9 Å². The largest absolute Gasteiger partial charge is 0.332 e. The summed E-state index contributed by atoms with van der Waals surface area (Å²) in [6.07, 6.45) is 1.95. The Labute approximate surface area is 141 Å². The van der Waals surface area contributed by atoms with E-state index in [1.165, 1.54) is 0 Å². The fraction of sp³-hybridized carbons (Fsp3) is 0.300. The summed E-state index contributed by atoms with van der Waals surface area (Å²) in [6, 6.07) is 19.1. The third-order valence-corrected chi connectivity index (χ3v) is 5.09. The monoisotopic (exact) mass is 320 g/mol. The SMILES string of the molecule is O=C(c1ccccc1)N1C[C@@H]2CC[C@H]1CN2C(=O)c1ccccc1. The minimum Gasteiger partial charge on any atom is -0.332 e. The van der Waals surface area contributed by atoms with Crippen LogP contribution in [0.5, 0.6) is 0 Å². The fourth-order valence-electron chi connectivity index (χ4n) is 3.82. The Kier molecular flexibility index (Phi) is 3.81. The summed E-state index contributed by atoms with van der Waals surface area (Å²) in [5, 5.41) is 0. The lowest BCUT2D eigenvalue weighted by Gasteiger charge is -2.51. The van der Waals surface area contributed by atoms with Gasteiger partial charge in [-0.15, -0.1) is 0 Å². The van der Waals surface area contributed by atoms with Crippen LogP contribution < -0.4 is 0 Å². The molecule has 0 unspecified atom stereocenters. The molecule has 2 aromatic rings. The Morgan fingerprint density at radius 2 is 1.04 bits per heavy atom. The molecule has 2 amide bonds. The first-order valence-corrected chi connectivity index (χ1v) is 8.46. The minimum absolute atomic E-state index is 0.0807. The van der Waals surface area contributed by atoms with Crippen molar-refractivity contribution < 1.29 is 9.59 Å². The Hall–Kier alpha value is -2.62. The third kappa shape index (κ3) is 2.58. The summed E-state index contributed by atoms with van der Waals surface area (Å²) in [6.45, 7) is 1.27. The van der Waals surface area contributed by atoms with Crippen molar-refractivity contribution in [3.05, 3.63) is 71.8 Å². The zero-order valence-corrected chi connectivity index (χ0v) is 13.5. The Morgan fingerprint density at radius 1 is 0.667 bits per heavy atom. The van der Waals surface area contributed by atoms with Gasteiger partial charge in [-0.05, 0) is 37.1 Å². The van der Waals surface area contributed by atoms with Gasteiger partial charge < -0.3 is 9.80 Å². The summed E-state index contributed by atoms with van der Waals surface area (Å²) in [4.78, 5) is 29.4. The first kappa shape index (κ1) is 14.9. The number of amides is 2. The third-order valence-electron chi connectivity index (χ3n) is 5.09. The van der Waals surface area contributed by atoms with E-state index in [0.717, 1.165) is 24.0 Å². The Bertz CT molecular complexity index is 679. The van der Waals surface area contributed by atoms with E-state index < -0.39 is 0 Å². The molecule has 0 radical (unpaired) electrons. The Balaban J connectivity index is 1.52. The summed E-state index contributed by atoms with van der Waals surface area (Å²) >= 11 is 0. The van der Waals surface area contributed by atoms with Gasteiger partial charge in [0.25, 0.3) is 11.8 Å². The molecule has 0 N–H and O–H groups in total. The standard InChI is InChI=1S/C20H20N2O2/c23-19(15-7-3-1-4-8-15)21-13-18-12-11-17(21)14-22(18)20(24)16-9-5-2-6-10-16/h1-10,17-18H,11-14H2/t17-,18-/m0/s1. The molecule has 2 aromatic carbocycles. The maximum absolute atomic E-state index is 12.8. The lowest BCUT2D eigenvalue weighted by molar-refractivity contribution is -0.00607. The van der Waals surface area contributed by atoms with Crippen molar-refractivity contribution in [3.8, 4) is 0 Å². The van der Waals surface area contributed by atoms with E-state index in [9.17, 15) is 9.59 Å². The quantitative estimate of drug-likeness (QED) is 0.854. The number of carbonyl (C=O) groups is 2. The van der Waals surface area contributed by atoms with Gasteiger partial charge in [0.15, 0.2) is 0 Å². The molecule has 4 heteroatoms. The van der Waals surface area contributed by atoms with Gasteiger partial charge in [0.2, 0.25) is 0 Å². The van der Waals surface area contributed by atoms with E-state index >= 15 is 0 Å². The van der Waals surface area contributed by atoms with E-state index in [-0.39, 0.29) is 23.9 Å². The van der Waals surface area contributed by atoms with Gasteiger partial charge in [0.05, 0.1) is 0 Å². The number of fused-ring (bicyclic) bond motifs is 3. The molecule has 3 aliphatic heterocycles. The topological polar surface area (TPSA) is 40.6 Å². The van der Waals surface area contributed by atoms with E-state index in [2.05, 4.69) is 0 Å². The van der Waals surface area contributed by atoms with Crippen LogP contribution in [0.3, 0.4) is 0 Å². The second-order valence-corrected chi connectivity index (χ2v) is 6.53. The van der Waals surface area contributed by atoms with Crippen LogP contribution in [0.1, 0.15) is 33.6 Å². The molecule has 0 aromatic heterocycles. The number of hydrogen-bond acceptors (Lipinski definition) is 2. The number of hydrogen-bond donors (Lipinski definition) is 0. The Morgan fingerprint density at radius 3 is 1.38 bits per heavy atom. The summed E-state index contributed by atoms with van der Waals surface area (Å²) < 4.78 is 0. The molecule has 2 atom stereocenters. The summed E-state index contributed by atoms with van der Waals surface area (Å²) in [5.74, 6) is 0.161. The molecule has 3 fully saturated rings. The lowest BCUT2D eigenvalue weighted by Crippen LogP contribution is -2.65. The minimum atomic E-state index is 0.0807. The van der Waals surface area contributed by atoms with Crippen molar-refractivity contribution in [2.75, 3.05) is 13.1 Å². The van der Waals surface area contributed by atoms with Crippen molar-refractivity contribution in [1.29, 1.82) is 0 Å². The second-order valence-electron chi connectivity index (χ2n) is 6.53. The van der Waals surface area contributed by atoms with Gasteiger partial charge >= 0.3 is 0 Å². The van der Waals surface area contributed by atoms with Crippen LogP contribution in [0.15, 0.2) is 60.7 Å². The summed E-state index contributed by atoms with van der Waals surface area (Å²) in [7, 11) is 0. The van der Waals surface area contributed by atoms with Crippen molar-refractivity contribution in [3.63, 3.8) is 0 Å². The van der Waals surface area contributed by atoms with Crippen molar-refractivity contribution in [2.24, 2.45) is 0 Å². The van der Waals surface area contributed by atoms with E-state index in [1.807, 2.05) is 70.5 Å². The first-order chi connectivity index (χ1) is 11.7. The van der Waals surface area contributed by atoms with Gasteiger partial charge in [-0.25, -0.2) is 0 Å². The van der Waals surface area contributed by atoms with Gasteiger partial charge in [0, 0.05) is 36.3 Å². The van der Waals surface area contributed by atoms with Crippen LogP contribution in [0.2, 0.25) is 0 Å². The molecule has 24 heavy (non-hydrogen) atoms. The molecule has 0 aliphatic carbocycles. The van der Waals surface area contributed by atoms with Crippen LogP contribution in [-0.2, 0) is 0 Å². The number of piperazine rings is 1. The average Bonchev–Trinajstić information content (AvgIpc) is 2.68. The predicted octanol–water partition coefficient (Wildman–Crippen LogP) is 2.82. The van der Waals surface area contributed by atoms with Crippen LogP contribution in [0.4, 0.5) is 0 Å². The highest BCUT2D eigenvalue weighted by Gasteiger charge is 2.43. The van der Waals surface area contributed by atoms with Crippen LogP contribution in [-0.4, -0.2) is 46.8 Å². The molecule has 3 heterocycles. The molecule has 4 nitrogen and oxygen atoms in total. The molecular formula is C20H20N2O2. The number of piperidine rings is 2. The molecule has 122 valence electrons. The lowest BCUT2D eigenvalue weighted by atomic mass is 9.89. The number of benzene rings is 2. The molecule has 3 aliphatic rings. The molecule has 0 spiro atoms. The molecule has 0 saturated carbocycles. The van der Waals surface area contributed by atoms with E-state index in [1.54, 1.807) is 0 Å². The average molecular weight is 320 g/mol. The highest BCUT2D eigenvalue weighted by atomic mass is 16.2. The fourth-order valence-corrected chi connectivity index (χ4v) is 3.82. The normalized spacial score (nSPS) is 22.5. The first-order valence-electron chi connectivity index (χ1n) is 8.46. The zero-order chi connectivity index (χ0) is 16.5. The van der Waals surface area contributed by atoms with Gasteiger partial charge in [-0.3, -0.25) is 9.59 Å². The van der Waals surface area contributed by atoms with Gasteiger partial charge in [0.1, 0.15) is 0 Å². The van der Waals surface area contributed by atoms with Crippen LogP contribution in [0.25, 0.3) is 0 Å². The number of rotatable bonds is 2. The highest BCUT2D eigenvalue weighted by molar-refractivity contribution is 5.96. The molecule has 5 rings (SSSR count). The molecular weight excluding hydrogens is 300 g/mol. The maximum atomic E-state index is 12.8. The predicted molar refractivity (Wildman–Crippen MR) is 91.8 cm³/mol. The van der Waals surface area contributed by atoms with Gasteiger partial charge in [-0.2, -0.15) is 0 Å². The number of carbonyl (C=O) groups excluding carboxylic acids is 2. The zero-order valence-electron chi connectivity index (χ0n) is 13.5. The van der Waals surface area contributed by atoms with E-state index in [4.69, 9.17) is 0 Å². The molecule has 3 saturated heterocycles. The maximum Gasteiger partial charge on any atom is 0.254 e. The summed E-state index contributed by atoms with van der Waals surface area (Å²) in [5.41, 5.74) is 1.46. The van der Waals surface area contributed by atoms with E-state index in [0.29, 0.717) is 13.1 Å². The van der Waals surface area contributed by atoms with Crippen molar-refractivity contribution >= 4 is 11.8 Å². The molecule has 2 bridgehead atoms. The smallest absolute Gasteiger partial charge is 0.254 e. The number of nitrogens with zero attached hydrogens (tertiary/aromatic N) is 2. The van der Waals surface area contributed by atoms with Crippen LogP contribution in [0, 0.1) is 0 Å².